The summed E-state index contributed by atoms with van der Waals surface area (Å²) in [6.45, 7) is 0.243. The van der Waals surface area contributed by atoms with Crippen molar-refractivity contribution in [2.24, 2.45) is 5.73 Å². The molecular weight excluding hydrogens is 155 g/mol. The number of nitrogens with two attached hydrogens (primary N) is 1. The Balaban J connectivity index is 2.64. The van der Waals surface area contributed by atoms with E-state index >= 15 is 0 Å². The molecule has 1 heterocycles. The molecule has 1 aromatic heterocycles. The molecule has 0 amide bonds. The minimum absolute atomic E-state index is 0.243. The molecule has 12 heavy (non-hydrogen) atoms. The van der Waals surface area contributed by atoms with E-state index in [1.165, 1.54) is 0 Å². The predicted octanol–water partition coefficient (Wildman–Crippen LogP) is 1.44. The number of rotatable bonds is 3. The summed E-state index contributed by atoms with van der Waals surface area (Å²) in [6.07, 6.45) is 2.73. The topological polar surface area (TPSA) is 38.9 Å². The zero-order valence-corrected chi connectivity index (χ0v) is 6.70. The minimum atomic E-state index is 0.243. The van der Waals surface area contributed by atoms with Gasteiger partial charge in [-0.15, -0.1) is 0 Å². The number of pyridine rings is 1. The van der Waals surface area contributed by atoms with E-state index in [1.807, 2.05) is 18.2 Å². The number of hydrogen-bond acceptors (Lipinski definition) is 2. The quantitative estimate of drug-likeness (QED) is 0.737. The molecule has 1 aromatic rings. The lowest BCUT2D eigenvalue weighted by molar-refractivity contribution is 0.698. The van der Waals surface area contributed by atoms with Crippen LogP contribution in [0, 0.1) is 0 Å². The Labute approximate surface area is 70.9 Å². The highest BCUT2D eigenvalue weighted by molar-refractivity contribution is 5.14. The second-order valence-electron chi connectivity index (χ2n) is 2.47. The fourth-order valence-corrected chi connectivity index (χ4v) is 0.891. The molecule has 1 rings (SSSR count). The van der Waals surface area contributed by atoms with Gasteiger partial charge >= 0.3 is 0 Å². The summed E-state index contributed by atoms with van der Waals surface area (Å²) in [4.78, 5) is 4.05. The number of nitrogens with zero attached hydrogens (tertiary/aromatic N) is 1. The van der Waals surface area contributed by atoms with Crippen LogP contribution in [0.4, 0.5) is 4.39 Å². The van der Waals surface area contributed by atoms with Gasteiger partial charge in [-0.05, 0) is 17.7 Å². The van der Waals surface area contributed by atoms with Crippen molar-refractivity contribution in [3.63, 3.8) is 0 Å². The van der Waals surface area contributed by atoms with Gasteiger partial charge in [-0.1, -0.05) is 6.07 Å². The highest BCUT2D eigenvalue weighted by Crippen LogP contribution is 2.03. The van der Waals surface area contributed by atoms with Crippen molar-refractivity contribution >= 4 is 0 Å². The third-order valence-electron chi connectivity index (χ3n) is 1.55. The molecule has 0 fully saturated rings. The predicted molar refractivity (Wildman–Crippen MR) is 46.2 cm³/mol. The van der Waals surface area contributed by atoms with Crippen molar-refractivity contribution in [3.8, 4) is 0 Å². The van der Waals surface area contributed by atoms with Crippen LogP contribution in [0.15, 0.2) is 36.3 Å². The second kappa shape index (κ2) is 4.62. The lowest BCUT2D eigenvalue weighted by atomic mass is 10.1. The molecule has 0 spiro atoms. The van der Waals surface area contributed by atoms with E-state index in [-0.39, 0.29) is 6.54 Å². The lowest BCUT2D eigenvalue weighted by Crippen LogP contribution is -2.05. The first-order chi connectivity index (χ1) is 5.86. The third kappa shape index (κ3) is 2.43. The number of hydrogen-bond donors (Lipinski definition) is 1. The van der Waals surface area contributed by atoms with Gasteiger partial charge < -0.3 is 5.73 Å². The zero-order chi connectivity index (χ0) is 8.81. The number of halogens is 1. The Bertz CT molecular complexity index is 256. The fraction of sp³-hybridized carbons (Fsp3) is 0.222. The van der Waals surface area contributed by atoms with Crippen molar-refractivity contribution in [2.75, 3.05) is 6.54 Å². The third-order valence-corrected chi connectivity index (χ3v) is 1.55. The molecule has 2 N–H and O–H groups in total. The highest BCUT2D eigenvalue weighted by Gasteiger charge is 1.97. The van der Waals surface area contributed by atoms with Crippen LogP contribution in [0.2, 0.25) is 0 Å². The van der Waals surface area contributed by atoms with Crippen molar-refractivity contribution in [3.05, 3.63) is 42.0 Å². The Morgan fingerprint density at radius 2 is 2.42 bits per heavy atom. The van der Waals surface area contributed by atoms with Crippen molar-refractivity contribution < 1.29 is 4.39 Å². The molecule has 0 unspecified atom stereocenters. The molecule has 64 valence electrons. The molecule has 0 saturated heterocycles. The molecule has 0 saturated carbocycles. The van der Waals surface area contributed by atoms with Crippen LogP contribution < -0.4 is 5.73 Å². The maximum Gasteiger partial charge on any atom is 0.0875 e. The van der Waals surface area contributed by atoms with E-state index in [9.17, 15) is 4.39 Å². The smallest absolute Gasteiger partial charge is 0.0875 e. The largest absolute Gasteiger partial charge is 0.327 e. The highest BCUT2D eigenvalue weighted by atomic mass is 19.1. The van der Waals surface area contributed by atoms with Crippen LogP contribution in [0.1, 0.15) is 5.69 Å². The van der Waals surface area contributed by atoms with Gasteiger partial charge in [-0.3, -0.25) is 4.98 Å². The first kappa shape index (κ1) is 8.87. The monoisotopic (exact) mass is 166 g/mol. The molecule has 0 aromatic carbocycles. The fourth-order valence-electron chi connectivity index (χ4n) is 0.891. The normalized spacial score (nSPS) is 11.7. The molecule has 3 heteroatoms. The van der Waals surface area contributed by atoms with E-state index in [0.29, 0.717) is 18.3 Å². The van der Waals surface area contributed by atoms with Crippen molar-refractivity contribution in [1.82, 2.24) is 4.98 Å². The Morgan fingerprint density at radius 3 is 2.92 bits per heavy atom. The Kier molecular flexibility index (Phi) is 3.41. The van der Waals surface area contributed by atoms with E-state index < -0.39 is 0 Å². The Morgan fingerprint density at radius 1 is 1.58 bits per heavy atom. The maximum absolute atomic E-state index is 12.1. The minimum Gasteiger partial charge on any atom is -0.327 e. The van der Waals surface area contributed by atoms with Crippen LogP contribution in [0.25, 0.3) is 0 Å². The van der Waals surface area contributed by atoms with Gasteiger partial charge in [-0.2, -0.15) is 0 Å². The van der Waals surface area contributed by atoms with Crippen LogP contribution >= 0.6 is 0 Å². The number of aromatic nitrogens is 1. The molecular formula is C9H11FN2. The van der Waals surface area contributed by atoms with Gasteiger partial charge in [0.1, 0.15) is 0 Å². The standard InChI is InChI=1S/C9H11FN2/c10-6-8(7-11)5-9-3-1-2-4-12-9/h1-4,6H,5,7,11H2/b8-6-. The summed E-state index contributed by atoms with van der Waals surface area (Å²) < 4.78 is 12.1. The summed E-state index contributed by atoms with van der Waals surface area (Å²) in [7, 11) is 0. The van der Waals surface area contributed by atoms with Crippen LogP contribution in [0.5, 0.6) is 0 Å². The SMILES string of the molecule is NC/C(=C\F)Cc1ccccn1. The molecule has 2 nitrogen and oxygen atoms in total. The van der Waals surface area contributed by atoms with Gasteiger partial charge in [0.05, 0.1) is 6.33 Å². The molecule has 0 aliphatic rings. The van der Waals surface area contributed by atoms with Gasteiger partial charge in [0.2, 0.25) is 0 Å². The van der Waals surface area contributed by atoms with Gasteiger partial charge in [0.15, 0.2) is 0 Å². The first-order valence-corrected chi connectivity index (χ1v) is 3.75. The maximum atomic E-state index is 12.1. The van der Waals surface area contributed by atoms with Gasteiger partial charge in [0, 0.05) is 24.9 Å². The molecule has 0 aliphatic heterocycles. The van der Waals surface area contributed by atoms with E-state index in [0.717, 1.165) is 5.69 Å². The summed E-state index contributed by atoms with van der Waals surface area (Å²) >= 11 is 0. The van der Waals surface area contributed by atoms with Gasteiger partial charge in [-0.25, -0.2) is 4.39 Å². The first-order valence-electron chi connectivity index (χ1n) is 3.75. The van der Waals surface area contributed by atoms with E-state index in [1.54, 1.807) is 6.20 Å². The molecule has 0 aliphatic carbocycles. The van der Waals surface area contributed by atoms with E-state index in [2.05, 4.69) is 4.98 Å². The van der Waals surface area contributed by atoms with Crippen molar-refractivity contribution in [2.45, 2.75) is 6.42 Å². The Hall–Kier alpha value is -1.22. The van der Waals surface area contributed by atoms with Crippen LogP contribution in [0.3, 0.4) is 0 Å². The van der Waals surface area contributed by atoms with E-state index in [4.69, 9.17) is 5.73 Å². The summed E-state index contributed by atoms with van der Waals surface area (Å²) in [5, 5.41) is 0. The summed E-state index contributed by atoms with van der Waals surface area (Å²) in [5.41, 5.74) is 6.70. The molecule has 0 bridgehead atoms. The van der Waals surface area contributed by atoms with Crippen LogP contribution in [-0.2, 0) is 6.42 Å². The van der Waals surface area contributed by atoms with Gasteiger partial charge in [0.25, 0.3) is 0 Å². The van der Waals surface area contributed by atoms with Crippen molar-refractivity contribution in [1.29, 1.82) is 0 Å². The zero-order valence-electron chi connectivity index (χ0n) is 6.70. The summed E-state index contributed by atoms with van der Waals surface area (Å²) in [6, 6.07) is 5.54. The average Bonchev–Trinajstić information content (AvgIpc) is 2.16. The van der Waals surface area contributed by atoms with Crippen LogP contribution in [-0.4, -0.2) is 11.5 Å². The molecule has 0 radical (unpaired) electrons. The average molecular weight is 166 g/mol. The summed E-state index contributed by atoms with van der Waals surface area (Å²) in [5.74, 6) is 0. The molecule has 0 atom stereocenters. The lowest BCUT2D eigenvalue weighted by Gasteiger charge is -2.00. The second-order valence-corrected chi connectivity index (χ2v) is 2.47.